The number of unbranched alkanes of at least 4 members (excludes halogenated alkanes) is 7. The van der Waals surface area contributed by atoms with Crippen LogP contribution in [0.5, 0.6) is 0 Å². The van der Waals surface area contributed by atoms with E-state index in [2.05, 4.69) is 19.1 Å². The van der Waals surface area contributed by atoms with Gasteiger partial charge in [0.25, 0.3) is 0 Å². The summed E-state index contributed by atoms with van der Waals surface area (Å²) in [4.78, 5) is 0. The molecule has 0 spiro atoms. The maximum atomic E-state index is 4.74. The molecule has 0 radical (unpaired) electrons. The standard InChI is InChI=1S/C13H24S/c1-2-3-4-5-6-7-8-9-10-11-12-13-14/h10-11,13H,2-9,12H2,1H3/b11-10+. The zero-order valence-electron chi connectivity index (χ0n) is 9.50. The Bertz CT molecular complexity index is 138. The summed E-state index contributed by atoms with van der Waals surface area (Å²) >= 11 is 4.74. The molecule has 0 aromatic heterocycles. The molecule has 0 atom stereocenters. The molecule has 0 unspecified atom stereocenters. The second-order valence-electron chi connectivity index (χ2n) is 3.78. The highest BCUT2D eigenvalue weighted by Crippen LogP contribution is 2.08. The molecule has 1 heteroatoms. The molecule has 14 heavy (non-hydrogen) atoms. The van der Waals surface area contributed by atoms with Gasteiger partial charge in [0.2, 0.25) is 0 Å². The second kappa shape index (κ2) is 12.8. The fourth-order valence-corrected chi connectivity index (χ4v) is 1.60. The van der Waals surface area contributed by atoms with E-state index in [0.717, 1.165) is 6.42 Å². The summed E-state index contributed by atoms with van der Waals surface area (Å²) in [5, 5.41) is 1.78. The minimum absolute atomic E-state index is 0.950. The molecule has 0 heterocycles. The Balaban J connectivity index is 2.95. The fourth-order valence-electron chi connectivity index (χ4n) is 1.49. The summed E-state index contributed by atoms with van der Waals surface area (Å²) in [5.74, 6) is 0. The molecule has 0 saturated heterocycles. The summed E-state index contributed by atoms with van der Waals surface area (Å²) in [6.07, 6.45) is 16.4. The molecule has 0 rings (SSSR count). The highest BCUT2D eigenvalue weighted by atomic mass is 32.1. The van der Waals surface area contributed by atoms with Gasteiger partial charge in [-0.05, 0) is 24.6 Å². The lowest BCUT2D eigenvalue weighted by Crippen LogP contribution is -1.78. The fraction of sp³-hybridized carbons (Fsp3) is 0.769. The third-order valence-corrected chi connectivity index (χ3v) is 2.57. The van der Waals surface area contributed by atoms with E-state index in [0.29, 0.717) is 0 Å². The normalized spacial score (nSPS) is 10.9. The van der Waals surface area contributed by atoms with Crippen LogP contribution in [-0.4, -0.2) is 5.37 Å². The molecule has 0 nitrogen and oxygen atoms in total. The molecule has 0 N–H and O–H groups in total. The van der Waals surface area contributed by atoms with Crippen molar-refractivity contribution in [2.75, 3.05) is 0 Å². The molecular formula is C13H24S. The highest BCUT2D eigenvalue weighted by Gasteiger charge is 1.88. The number of allylic oxidation sites excluding steroid dienone is 2. The zero-order valence-corrected chi connectivity index (χ0v) is 10.3. The molecule has 0 aliphatic carbocycles. The minimum Gasteiger partial charge on any atom is -0.0931 e. The van der Waals surface area contributed by atoms with Crippen molar-refractivity contribution in [1.82, 2.24) is 0 Å². The van der Waals surface area contributed by atoms with Gasteiger partial charge in [-0.1, -0.05) is 69.8 Å². The van der Waals surface area contributed by atoms with Gasteiger partial charge < -0.3 is 0 Å². The topological polar surface area (TPSA) is 0 Å². The van der Waals surface area contributed by atoms with E-state index >= 15 is 0 Å². The average Bonchev–Trinajstić information content (AvgIpc) is 2.21. The summed E-state index contributed by atoms with van der Waals surface area (Å²) in [6.45, 7) is 2.26. The second-order valence-corrected chi connectivity index (χ2v) is 4.12. The Morgan fingerprint density at radius 2 is 1.50 bits per heavy atom. The van der Waals surface area contributed by atoms with Crippen molar-refractivity contribution in [3.63, 3.8) is 0 Å². The number of thiocarbonyl (C=S) groups is 1. The van der Waals surface area contributed by atoms with Gasteiger partial charge in [-0.2, -0.15) is 0 Å². The van der Waals surface area contributed by atoms with Crippen molar-refractivity contribution in [3.8, 4) is 0 Å². The molecule has 0 aliphatic heterocycles. The Hall–Kier alpha value is -0.170. The van der Waals surface area contributed by atoms with Crippen molar-refractivity contribution in [2.24, 2.45) is 0 Å². The Morgan fingerprint density at radius 1 is 0.857 bits per heavy atom. The average molecular weight is 212 g/mol. The van der Waals surface area contributed by atoms with Crippen LogP contribution in [0, 0.1) is 0 Å². The molecule has 0 fully saturated rings. The lowest BCUT2D eigenvalue weighted by atomic mass is 10.1. The third kappa shape index (κ3) is 11.8. The Kier molecular flexibility index (Phi) is 12.7. The van der Waals surface area contributed by atoms with E-state index in [9.17, 15) is 0 Å². The molecule has 0 aromatic carbocycles. The van der Waals surface area contributed by atoms with Crippen LogP contribution in [0.15, 0.2) is 12.2 Å². The van der Waals surface area contributed by atoms with Crippen LogP contribution in [0.25, 0.3) is 0 Å². The number of hydrogen-bond acceptors (Lipinski definition) is 1. The SMILES string of the molecule is CCCCCCCCC/C=C/CC=S. The summed E-state index contributed by atoms with van der Waals surface area (Å²) in [5.41, 5.74) is 0. The van der Waals surface area contributed by atoms with Gasteiger partial charge in [0.15, 0.2) is 0 Å². The maximum Gasteiger partial charge on any atom is -0.00639 e. The van der Waals surface area contributed by atoms with Crippen LogP contribution in [-0.2, 0) is 0 Å². The van der Waals surface area contributed by atoms with Crippen molar-refractivity contribution < 1.29 is 0 Å². The first-order valence-electron chi connectivity index (χ1n) is 6.00. The largest absolute Gasteiger partial charge is 0.0931 e. The third-order valence-electron chi connectivity index (χ3n) is 2.37. The van der Waals surface area contributed by atoms with Crippen molar-refractivity contribution in [2.45, 2.75) is 64.7 Å². The molecule has 82 valence electrons. The minimum atomic E-state index is 0.950. The van der Waals surface area contributed by atoms with Gasteiger partial charge >= 0.3 is 0 Å². The van der Waals surface area contributed by atoms with Gasteiger partial charge in [0, 0.05) is 0 Å². The molecule has 0 aromatic rings. The van der Waals surface area contributed by atoms with Crippen molar-refractivity contribution in [3.05, 3.63) is 12.2 Å². The van der Waals surface area contributed by atoms with Crippen LogP contribution in [0.1, 0.15) is 64.7 Å². The van der Waals surface area contributed by atoms with Crippen molar-refractivity contribution >= 4 is 17.6 Å². The monoisotopic (exact) mass is 212 g/mol. The van der Waals surface area contributed by atoms with Gasteiger partial charge in [0.05, 0.1) is 0 Å². The number of hydrogen-bond donors (Lipinski definition) is 0. The van der Waals surface area contributed by atoms with E-state index < -0.39 is 0 Å². The van der Waals surface area contributed by atoms with Crippen LogP contribution >= 0.6 is 12.2 Å². The van der Waals surface area contributed by atoms with E-state index in [4.69, 9.17) is 12.2 Å². The summed E-state index contributed by atoms with van der Waals surface area (Å²) < 4.78 is 0. The highest BCUT2D eigenvalue weighted by molar-refractivity contribution is 7.78. The van der Waals surface area contributed by atoms with Crippen molar-refractivity contribution in [1.29, 1.82) is 0 Å². The molecule has 0 saturated carbocycles. The van der Waals surface area contributed by atoms with Crippen LogP contribution in [0.2, 0.25) is 0 Å². The van der Waals surface area contributed by atoms with Gasteiger partial charge in [-0.3, -0.25) is 0 Å². The van der Waals surface area contributed by atoms with Gasteiger partial charge in [-0.15, -0.1) is 0 Å². The smallest absolute Gasteiger partial charge is 0.00639 e. The van der Waals surface area contributed by atoms with E-state index in [1.165, 1.54) is 51.4 Å². The van der Waals surface area contributed by atoms with Crippen LogP contribution in [0.3, 0.4) is 0 Å². The molecule has 0 aliphatic rings. The van der Waals surface area contributed by atoms with Crippen LogP contribution in [0.4, 0.5) is 0 Å². The molecule has 0 amide bonds. The predicted molar refractivity (Wildman–Crippen MR) is 70.0 cm³/mol. The summed E-state index contributed by atoms with van der Waals surface area (Å²) in [6, 6.07) is 0. The van der Waals surface area contributed by atoms with E-state index in [1.54, 1.807) is 5.37 Å². The predicted octanol–water partition coefficient (Wildman–Crippen LogP) is 5.07. The van der Waals surface area contributed by atoms with Gasteiger partial charge in [-0.25, -0.2) is 0 Å². The lowest BCUT2D eigenvalue weighted by Gasteiger charge is -1.98. The zero-order chi connectivity index (χ0) is 10.5. The van der Waals surface area contributed by atoms with Crippen LogP contribution < -0.4 is 0 Å². The first-order chi connectivity index (χ1) is 6.91. The lowest BCUT2D eigenvalue weighted by molar-refractivity contribution is 0.592. The molecule has 0 bridgehead atoms. The van der Waals surface area contributed by atoms with E-state index in [-0.39, 0.29) is 0 Å². The Labute approximate surface area is 94.8 Å². The quantitative estimate of drug-likeness (QED) is 0.277. The first-order valence-corrected chi connectivity index (χ1v) is 6.47. The Morgan fingerprint density at radius 3 is 2.14 bits per heavy atom. The summed E-state index contributed by atoms with van der Waals surface area (Å²) in [7, 11) is 0. The first kappa shape index (κ1) is 13.8. The van der Waals surface area contributed by atoms with E-state index in [1.807, 2.05) is 0 Å². The number of rotatable bonds is 10. The maximum absolute atomic E-state index is 4.74. The molecular weight excluding hydrogens is 188 g/mol. The van der Waals surface area contributed by atoms with Gasteiger partial charge in [0.1, 0.15) is 0 Å².